The lowest BCUT2D eigenvalue weighted by Crippen LogP contribution is -2.41. The van der Waals surface area contributed by atoms with Crippen LogP contribution in [-0.2, 0) is 18.4 Å². The van der Waals surface area contributed by atoms with Crippen LogP contribution in [0.5, 0.6) is 23.0 Å². The summed E-state index contributed by atoms with van der Waals surface area (Å²) in [6, 6.07) is 23.4. The Morgan fingerprint density at radius 3 is 1.97 bits per heavy atom. The van der Waals surface area contributed by atoms with E-state index in [0.29, 0.717) is 29.6 Å². The molecule has 1 aromatic heterocycles. The monoisotopic (exact) mass is 529 g/mol. The van der Waals surface area contributed by atoms with Gasteiger partial charge in [0.05, 0.1) is 33.6 Å². The lowest BCUT2D eigenvalue weighted by molar-refractivity contribution is 0.00416. The number of benzene rings is 3. The van der Waals surface area contributed by atoms with Crippen LogP contribution in [0.3, 0.4) is 0 Å². The topological polar surface area (TPSA) is 113 Å². The molecule has 0 fully saturated rings. The lowest BCUT2D eigenvalue weighted by Gasteiger charge is -2.32. The maximum atomic E-state index is 9.50. The molecular weight excluding hydrogens is 498 g/mol. The van der Waals surface area contributed by atoms with Crippen LogP contribution >= 0.6 is 0 Å². The van der Waals surface area contributed by atoms with E-state index < -0.39 is 18.2 Å². The van der Waals surface area contributed by atoms with E-state index in [0.717, 1.165) is 11.1 Å². The number of aryl methyl sites for hydroxylation is 1. The van der Waals surface area contributed by atoms with Crippen molar-refractivity contribution in [3.05, 3.63) is 113 Å². The summed E-state index contributed by atoms with van der Waals surface area (Å²) in [5, 5.41) is 8.42. The SMILES string of the molecule is COc1ccc(O[C@H]([C@H](Oc2ccc(OC)cc2)c2cnn(C)c2)[C@@H](COCc2ccccc2)N=[N+]=[N-])cc1. The highest BCUT2D eigenvalue weighted by molar-refractivity contribution is 5.33. The van der Waals surface area contributed by atoms with E-state index in [-0.39, 0.29) is 6.61 Å². The molecule has 202 valence electrons. The maximum absolute atomic E-state index is 9.50. The van der Waals surface area contributed by atoms with Gasteiger partial charge in [-0.3, -0.25) is 4.68 Å². The summed E-state index contributed by atoms with van der Waals surface area (Å²) in [4.78, 5) is 3.11. The van der Waals surface area contributed by atoms with Crippen LogP contribution in [-0.4, -0.2) is 42.8 Å². The average Bonchev–Trinajstić information content (AvgIpc) is 3.41. The van der Waals surface area contributed by atoms with Gasteiger partial charge in [0.15, 0.2) is 12.2 Å². The van der Waals surface area contributed by atoms with Crippen molar-refractivity contribution in [1.82, 2.24) is 9.78 Å². The third-order valence-electron chi connectivity index (χ3n) is 5.99. The second kappa shape index (κ2) is 13.8. The molecule has 39 heavy (non-hydrogen) atoms. The van der Waals surface area contributed by atoms with Crippen molar-refractivity contribution in [3.63, 3.8) is 0 Å². The number of rotatable bonds is 14. The van der Waals surface area contributed by atoms with Crippen LogP contribution in [0.4, 0.5) is 0 Å². The maximum Gasteiger partial charge on any atom is 0.164 e. The summed E-state index contributed by atoms with van der Waals surface area (Å²) in [5.41, 5.74) is 11.2. The highest BCUT2D eigenvalue weighted by atomic mass is 16.5. The van der Waals surface area contributed by atoms with Gasteiger partial charge in [0.1, 0.15) is 29.0 Å². The van der Waals surface area contributed by atoms with Gasteiger partial charge in [-0.1, -0.05) is 35.4 Å². The minimum absolute atomic E-state index is 0.0997. The standard InChI is InChI=1S/C29H31N5O5/c1-34-18-22(17-31-34)28(38-25-13-9-23(35-2)10-14-25)29(39-26-15-11-24(36-3)12-16-26)27(32-33-30)20-37-19-21-7-5-4-6-8-21/h4-18,27-29H,19-20H2,1-3H3/t27-,28-,29+/m1/s1. The molecule has 4 aromatic rings. The lowest BCUT2D eigenvalue weighted by atomic mass is 10.0. The van der Waals surface area contributed by atoms with E-state index in [1.807, 2.05) is 55.7 Å². The highest BCUT2D eigenvalue weighted by Crippen LogP contribution is 2.32. The Kier molecular flexibility index (Phi) is 9.66. The second-order valence-electron chi connectivity index (χ2n) is 8.69. The molecular formula is C29H31N5O5. The van der Waals surface area contributed by atoms with E-state index in [9.17, 15) is 5.53 Å². The Balaban J connectivity index is 1.68. The van der Waals surface area contributed by atoms with Crippen molar-refractivity contribution < 1.29 is 23.7 Å². The van der Waals surface area contributed by atoms with Crippen LogP contribution < -0.4 is 18.9 Å². The Hall–Kier alpha value is -4.66. The van der Waals surface area contributed by atoms with Gasteiger partial charge in [-0.25, -0.2) is 0 Å². The number of methoxy groups -OCH3 is 2. The van der Waals surface area contributed by atoms with Gasteiger partial charge in [0.25, 0.3) is 0 Å². The molecule has 10 heteroatoms. The highest BCUT2D eigenvalue weighted by Gasteiger charge is 2.35. The third-order valence-corrected chi connectivity index (χ3v) is 5.99. The molecule has 0 aliphatic heterocycles. The first-order valence-corrected chi connectivity index (χ1v) is 12.4. The van der Waals surface area contributed by atoms with Gasteiger partial charge in [-0.15, -0.1) is 0 Å². The van der Waals surface area contributed by atoms with Crippen molar-refractivity contribution in [2.24, 2.45) is 12.2 Å². The van der Waals surface area contributed by atoms with Gasteiger partial charge >= 0.3 is 0 Å². The number of hydrogen-bond acceptors (Lipinski definition) is 7. The average molecular weight is 530 g/mol. The first kappa shape index (κ1) is 27.4. The number of ether oxygens (including phenoxy) is 5. The summed E-state index contributed by atoms with van der Waals surface area (Å²) < 4.78 is 31.2. The first-order valence-electron chi connectivity index (χ1n) is 12.4. The minimum atomic E-state index is -0.781. The predicted molar refractivity (Wildman–Crippen MR) is 146 cm³/mol. The second-order valence-corrected chi connectivity index (χ2v) is 8.69. The zero-order chi connectivity index (χ0) is 27.5. The third kappa shape index (κ3) is 7.67. The largest absolute Gasteiger partial charge is 0.497 e. The van der Waals surface area contributed by atoms with Crippen LogP contribution in [0, 0.1) is 0 Å². The summed E-state index contributed by atoms with van der Waals surface area (Å²) >= 11 is 0. The summed E-state index contributed by atoms with van der Waals surface area (Å²) in [5.74, 6) is 2.52. The van der Waals surface area contributed by atoms with Crippen LogP contribution in [0.25, 0.3) is 10.4 Å². The molecule has 0 aliphatic carbocycles. The predicted octanol–water partition coefficient (Wildman–Crippen LogP) is 5.90. The zero-order valence-electron chi connectivity index (χ0n) is 22.1. The van der Waals surface area contributed by atoms with E-state index in [1.165, 1.54) is 0 Å². The number of hydrogen-bond donors (Lipinski definition) is 0. The molecule has 0 N–H and O–H groups in total. The molecule has 3 aromatic carbocycles. The van der Waals surface area contributed by atoms with E-state index in [1.54, 1.807) is 61.5 Å². The van der Waals surface area contributed by atoms with Gasteiger partial charge in [0.2, 0.25) is 0 Å². The fourth-order valence-corrected chi connectivity index (χ4v) is 4.00. The molecule has 10 nitrogen and oxygen atoms in total. The van der Waals surface area contributed by atoms with Gasteiger partial charge in [0, 0.05) is 23.7 Å². The Morgan fingerprint density at radius 2 is 1.44 bits per heavy atom. The molecule has 0 bridgehead atoms. The Morgan fingerprint density at radius 1 is 0.846 bits per heavy atom. The summed E-state index contributed by atoms with van der Waals surface area (Å²) in [6.07, 6.45) is 2.06. The fourth-order valence-electron chi connectivity index (χ4n) is 4.00. The molecule has 0 aliphatic rings. The van der Waals surface area contributed by atoms with Gasteiger partial charge < -0.3 is 23.7 Å². The molecule has 0 amide bonds. The zero-order valence-corrected chi connectivity index (χ0v) is 22.1. The molecule has 4 rings (SSSR count). The van der Waals surface area contributed by atoms with E-state index >= 15 is 0 Å². The van der Waals surface area contributed by atoms with E-state index in [4.69, 9.17) is 23.7 Å². The van der Waals surface area contributed by atoms with Crippen molar-refractivity contribution in [1.29, 1.82) is 0 Å². The van der Waals surface area contributed by atoms with Crippen LogP contribution in [0.15, 0.2) is 96.4 Å². The smallest absolute Gasteiger partial charge is 0.164 e. The number of nitrogens with zero attached hydrogens (tertiary/aromatic N) is 5. The number of aromatic nitrogens is 2. The quantitative estimate of drug-likeness (QED) is 0.114. The molecule has 0 spiro atoms. The van der Waals surface area contributed by atoms with Crippen molar-refractivity contribution in [3.8, 4) is 23.0 Å². The summed E-state index contributed by atoms with van der Waals surface area (Å²) in [6.45, 7) is 0.451. The molecule has 0 saturated carbocycles. The molecule has 0 unspecified atom stereocenters. The van der Waals surface area contributed by atoms with E-state index in [2.05, 4.69) is 15.1 Å². The minimum Gasteiger partial charge on any atom is -0.497 e. The molecule has 1 heterocycles. The normalized spacial score (nSPS) is 13.0. The number of azide groups is 1. The van der Waals surface area contributed by atoms with Crippen molar-refractivity contribution in [2.45, 2.75) is 24.9 Å². The van der Waals surface area contributed by atoms with Crippen LogP contribution in [0.2, 0.25) is 0 Å². The summed E-state index contributed by atoms with van der Waals surface area (Å²) in [7, 11) is 5.02. The van der Waals surface area contributed by atoms with Crippen molar-refractivity contribution in [2.75, 3.05) is 20.8 Å². The van der Waals surface area contributed by atoms with Gasteiger partial charge in [-0.05, 0) is 59.6 Å². The first-order chi connectivity index (χ1) is 19.1. The molecule has 3 atom stereocenters. The molecule has 0 saturated heterocycles. The fraction of sp³-hybridized carbons (Fsp3) is 0.276. The van der Waals surface area contributed by atoms with Crippen LogP contribution in [0.1, 0.15) is 17.2 Å². The Bertz CT molecular complexity index is 1340. The van der Waals surface area contributed by atoms with Gasteiger partial charge in [-0.2, -0.15) is 5.10 Å². The Labute approximate surface area is 227 Å². The molecule has 0 radical (unpaired) electrons. The van der Waals surface area contributed by atoms with Crippen molar-refractivity contribution >= 4 is 0 Å².